The molecule has 5 rings (SSSR count). The first-order chi connectivity index (χ1) is 15.9. The van der Waals surface area contributed by atoms with Crippen molar-refractivity contribution in [3.8, 4) is 0 Å². The van der Waals surface area contributed by atoms with Crippen molar-refractivity contribution < 1.29 is 18.4 Å². The van der Waals surface area contributed by atoms with Crippen LogP contribution in [-0.2, 0) is 10.7 Å². The van der Waals surface area contributed by atoms with Crippen molar-refractivity contribution in [2.75, 3.05) is 29.4 Å². The number of halogens is 2. The van der Waals surface area contributed by atoms with Crippen LogP contribution in [0.1, 0.15) is 48.7 Å². The number of para-hydroxylation sites is 1. The number of amides is 2. The first-order valence-corrected chi connectivity index (χ1v) is 11.5. The molecular weight excluding hydrogens is 428 g/mol. The van der Waals surface area contributed by atoms with Crippen LogP contribution in [0.2, 0.25) is 0 Å². The zero-order valence-corrected chi connectivity index (χ0v) is 18.5. The maximum atomic E-state index is 14.5. The van der Waals surface area contributed by atoms with E-state index in [0.29, 0.717) is 49.9 Å². The van der Waals surface area contributed by atoms with E-state index < -0.39 is 11.8 Å². The molecule has 3 aliphatic rings. The number of aromatic nitrogens is 2. The minimum Gasteiger partial charge on any atom is -0.355 e. The van der Waals surface area contributed by atoms with E-state index in [-0.39, 0.29) is 23.2 Å². The third kappa shape index (κ3) is 4.05. The SMILES string of the molecule is CC(CNC(=O)c1ccc(N2CCC(N3C(=O)C(F)(F)c4ccccc43)CC2)nn1)C1CC1. The largest absolute Gasteiger partial charge is 0.355 e. The topological polar surface area (TPSA) is 78.4 Å². The number of nitrogens with zero attached hydrogens (tertiary/aromatic N) is 4. The van der Waals surface area contributed by atoms with E-state index >= 15 is 0 Å². The van der Waals surface area contributed by atoms with Gasteiger partial charge in [-0.05, 0) is 55.7 Å². The van der Waals surface area contributed by atoms with Gasteiger partial charge in [0.05, 0.1) is 11.3 Å². The summed E-state index contributed by atoms with van der Waals surface area (Å²) in [6, 6.07) is 9.24. The quantitative estimate of drug-likeness (QED) is 0.723. The second-order valence-corrected chi connectivity index (χ2v) is 9.29. The Morgan fingerprint density at radius 3 is 2.52 bits per heavy atom. The van der Waals surface area contributed by atoms with Crippen molar-refractivity contribution in [3.63, 3.8) is 0 Å². The highest BCUT2D eigenvalue weighted by Gasteiger charge is 2.54. The Morgan fingerprint density at radius 1 is 1.12 bits per heavy atom. The molecular formula is C24H27F2N5O2. The van der Waals surface area contributed by atoms with E-state index in [2.05, 4.69) is 22.4 Å². The zero-order valence-electron chi connectivity index (χ0n) is 18.5. The predicted molar refractivity (Wildman–Crippen MR) is 119 cm³/mol. The van der Waals surface area contributed by atoms with Gasteiger partial charge in [-0.2, -0.15) is 8.78 Å². The summed E-state index contributed by atoms with van der Waals surface area (Å²) in [6.07, 6.45) is 3.56. The van der Waals surface area contributed by atoms with Crippen LogP contribution in [0.15, 0.2) is 36.4 Å². The lowest BCUT2D eigenvalue weighted by Crippen LogP contribution is -2.48. The fourth-order valence-electron chi connectivity index (χ4n) is 4.83. The molecule has 3 heterocycles. The average Bonchev–Trinajstić information content (AvgIpc) is 3.66. The van der Waals surface area contributed by atoms with Gasteiger partial charge in [-0.15, -0.1) is 10.2 Å². The third-order valence-corrected chi connectivity index (χ3v) is 7.04. The van der Waals surface area contributed by atoms with Gasteiger partial charge in [0.1, 0.15) is 0 Å². The average molecular weight is 456 g/mol. The molecule has 174 valence electrons. The van der Waals surface area contributed by atoms with Crippen molar-refractivity contribution >= 4 is 23.3 Å². The zero-order chi connectivity index (χ0) is 23.2. The van der Waals surface area contributed by atoms with Gasteiger partial charge in [0.15, 0.2) is 11.5 Å². The molecule has 2 aromatic rings. The number of nitrogens with one attached hydrogen (secondary N) is 1. The lowest BCUT2D eigenvalue weighted by Gasteiger charge is -2.37. The molecule has 1 saturated heterocycles. The van der Waals surface area contributed by atoms with Gasteiger partial charge in [-0.3, -0.25) is 9.59 Å². The maximum Gasteiger partial charge on any atom is 0.352 e. The Balaban J connectivity index is 1.19. The number of rotatable bonds is 6. The Morgan fingerprint density at radius 2 is 1.85 bits per heavy atom. The molecule has 1 atom stereocenters. The van der Waals surface area contributed by atoms with Crippen LogP contribution in [-0.4, -0.2) is 47.7 Å². The number of fused-ring (bicyclic) bond motifs is 1. The highest BCUT2D eigenvalue weighted by molar-refractivity contribution is 6.06. The van der Waals surface area contributed by atoms with E-state index in [1.165, 1.54) is 29.9 Å². The maximum absolute atomic E-state index is 14.5. The molecule has 2 fully saturated rings. The summed E-state index contributed by atoms with van der Waals surface area (Å²) < 4.78 is 28.9. The summed E-state index contributed by atoms with van der Waals surface area (Å²) in [5, 5.41) is 11.2. The van der Waals surface area contributed by atoms with Crippen molar-refractivity contribution in [1.29, 1.82) is 0 Å². The van der Waals surface area contributed by atoms with Gasteiger partial charge in [-0.1, -0.05) is 25.1 Å². The highest BCUT2D eigenvalue weighted by atomic mass is 19.3. The number of carbonyl (C=O) groups excluding carboxylic acids is 2. The smallest absolute Gasteiger partial charge is 0.352 e. The number of carbonyl (C=O) groups is 2. The summed E-state index contributed by atoms with van der Waals surface area (Å²) in [4.78, 5) is 28.1. The van der Waals surface area contributed by atoms with E-state index in [4.69, 9.17) is 0 Å². The first-order valence-electron chi connectivity index (χ1n) is 11.5. The van der Waals surface area contributed by atoms with Crippen LogP contribution in [0.5, 0.6) is 0 Å². The van der Waals surface area contributed by atoms with Crippen LogP contribution in [0.4, 0.5) is 20.3 Å². The Kier molecular flexibility index (Phi) is 5.50. The van der Waals surface area contributed by atoms with Gasteiger partial charge >= 0.3 is 11.8 Å². The summed E-state index contributed by atoms with van der Waals surface area (Å²) in [5.41, 5.74) is 0.360. The monoisotopic (exact) mass is 455 g/mol. The molecule has 2 aliphatic heterocycles. The van der Waals surface area contributed by atoms with Crippen LogP contribution in [0.25, 0.3) is 0 Å². The van der Waals surface area contributed by atoms with Crippen molar-refractivity contribution in [1.82, 2.24) is 15.5 Å². The van der Waals surface area contributed by atoms with E-state index in [1.807, 2.05) is 4.90 Å². The van der Waals surface area contributed by atoms with Crippen molar-refractivity contribution in [2.24, 2.45) is 11.8 Å². The number of hydrogen-bond acceptors (Lipinski definition) is 5. The molecule has 0 radical (unpaired) electrons. The minimum atomic E-state index is -3.48. The van der Waals surface area contributed by atoms with Crippen LogP contribution in [0, 0.1) is 11.8 Å². The van der Waals surface area contributed by atoms with E-state index in [1.54, 1.807) is 24.3 Å². The van der Waals surface area contributed by atoms with Crippen LogP contribution >= 0.6 is 0 Å². The number of piperidine rings is 1. The molecule has 2 amide bonds. The number of anilines is 2. The Bertz CT molecular complexity index is 1050. The standard InChI is InChI=1S/C24H27F2N5O2/c1-15(16-6-7-16)14-27-22(32)19-8-9-21(29-28-19)30-12-10-17(11-13-30)31-20-5-3-2-4-18(20)24(25,26)23(31)33/h2-5,8-9,15-17H,6-7,10-14H2,1H3,(H,27,32). The lowest BCUT2D eigenvalue weighted by molar-refractivity contribution is -0.142. The van der Waals surface area contributed by atoms with Gasteiger partial charge in [0.25, 0.3) is 5.91 Å². The van der Waals surface area contributed by atoms with Crippen LogP contribution < -0.4 is 15.1 Å². The molecule has 0 bridgehead atoms. The normalized spacial score (nSPS) is 21.1. The summed E-state index contributed by atoms with van der Waals surface area (Å²) in [6.45, 7) is 3.90. The number of alkyl halides is 2. The van der Waals surface area contributed by atoms with Gasteiger partial charge in [-0.25, -0.2) is 0 Å². The molecule has 1 aromatic heterocycles. The highest BCUT2D eigenvalue weighted by Crippen LogP contribution is 2.46. The molecule has 9 heteroatoms. The molecule has 1 saturated carbocycles. The van der Waals surface area contributed by atoms with Crippen molar-refractivity contribution in [3.05, 3.63) is 47.7 Å². The van der Waals surface area contributed by atoms with Gasteiger partial charge in [0.2, 0.25) is 0 Å². The summed E-state index contributed by atoms with van der Waals surface area (Å²) in [5.74, 6) is -3.03. The summed E-state index contributed by atoms with van der Waals surface area (Å²) >= 11 is 0. The number of hydrogen-bond donors (Lipinski definition) is 1. The Labute approximate surface area is 191 Å². The summed E-state index contributed by atoms with van der Waals surface area (Å²) in [7, 11) is 0. The van der Waals surface area contributed by atoms with Crippen molar-refractivity contribution in [2.45, 2.75) is 44.6 Å². The second-order valence-electron chi connectivity index (χ2n) is 9.29. The third-order valence-electron chi connectivity index (χ3n) is 7.04. The second kappa shape index (κ2) is 8.35. The lowest BCUT2D eigenvalue weighted by atomic mass is 10.0. The fraction of sp³-hybridized carbons (Fsp3) is 0.500. The fourth-order valence-corrected chi connectivity index (χ4v) is 4.83. The minimum absolute atomic E-state index is 0.219. The van der Waals surface area contributed by atoms with Gasteiger partial charge < -0.3 is 15.1 Å². The first kappa shape index (κ1) is 21.7. The predicted octanol–water partition coefficient (Wildman–Crippen LogP) is 3.36. The Hall–Kier alpha value is -3.10. The molecule has 33 heavy (non-hydrogen) atoms. The van der Waals surface area contributed by atoms with E-state index in [9.17, 15) is 18.4 Å². The molecule has 1 aromatic carbocycles. The number of benzene rings is 1. The van der Waals surface area contributed by atoms with E-state index in [0.717, 1.165) is 5.92 Å². The molecule has 1 unspecified atom stereocenters. The molecule has 7 nitrogen and oxygen atoms in total. The van der Waals surface area contributed by atoms with Crippen LogP contribution in [0.3, 0.4) is 0 Å². The molecule has 0 spiro atoms. The molecule has 1 aliphatic carbocycles. The molecule has 1 N–H and O–H groups in total. The van der Waals surface area contributed by atoms with Gasteiger partial charge in [0, 0.05) is 25.7 Å².